The van der Waals surface area contributed by atoms with Crippen molar-refractivity contribution in [1.82, 2.24) is 0 Å². The first-order valence-corrected chi connectivity index (χ1v) is 6.32. The molecule has 0 atom stereocenters. The van der Waals surface area contributed by atoms with Crippen LogP contribution in [0.4, 0.5) is 4.39 Å². The summed E-state index contributed by atoms with van der Waals surface area (Å²) in [5.41, 5.74) is 1.51. The van der Waals surface area contributed by atoms with Gasteiger partial charge in [-0.1, -0.05) is 29.8 Å². The molecule has 4 heteroatoms. The SMILES string of the molecule is Fc1ccc(Cl)c(COc2ccccc2CCl)c1. The highest BCUT2D eigenvalue weighted by Crippen LogP contribution is 2.23. The Morgan fingerprint density at radius 1 is 1.06 bits per heavy atom. The van der Waals surface area contributed by atoms with Gasteiger partial charge in [-0.25, -0.2) is 4.39 Å². The second-order valence-corrected chi connectivity index (χ2v) is 4.44. The molecule has 0 saturated heterocycles. The molecule has 0 saturated carbocycles. The molecule has 94 valence electrons. The lowest BCUT2D eigenvalue weighted by molar-refractivity contribution is 0.303. The number of ether oxygens (including phenoxy) is 1. The van der Waals surface area contributed by atoms with Crippen molar-refractivity contribution in [2.75, 3.05) is 0 Å². The van der Waals surface area contributed by atoms with Gasteiger partial charge in [0.25, 0.3) is 0 Å². The highest BCUT2D eigenvalue weighted by atomic mass is 35.5. The maximum absolute atomic E-state index is 13.1. The number of halogens is 3. The Hall–Kier alpha value is -1.25. The molecule has 0 aromatic heterocycles. The third-order valence-corrected chi connectivity index (χ3v) is 3.16. The Bertz CT molecular complexity index is 543. The lowest BCUT2D eigenvalue weighted by atomic mass is 10.2. The molecular formula is C14H11Cl2FO. The van der Waals surface area contributed by atoms with E-state index in [0.29, 0.717) is 22.2 Å². The van der Waals surface area contributed by atoms with E-state index < -0.39 is 0 Å². The highest BCUT2D eigenvalue weighted by Gasteiger charge is 2.05. The van der Waals surface area contributed by atoms with Crippen LogP contribution in [0.15, 0.2) is 42.5 Å². The molecule has 2 rings (SSSR count). The van der Waals surface area contributed by atoms with E-state index in [0.717, 1.165) is 5.56 Å². The van der Waals surface area contributed by atoms with E-state index >= 15 is 0 Å². The van der Waals surface area contributed by atoms with Crippen molar-refractivity contribution in [3.63, 3.8) is 0 Å². The van der Waals surface area contributed by atoms with Crippen LogP contribution < -0.4 is 4.74 Å². The molecule has 0 aliphatic carbocycles. The molecule has 1 nitrogen and oxygen atoms in total. The maximum atomic E-state index is 13.1. The molecule has 0 unspecified atom stereocenters. The molecule has 0 bridgehead atoms. The Balaban J connectivity index is 2.14. The molecule has 2 aromatic rings. The van der Waals surface area contributed by atoms with Crippen molar-refractivity contribution >= 4 is 23.2 Å². The van der Waals surface area contributed by atoms with Gasteiger partial charge in [-0.3, -0.25) is 0 Å². The second-order valence-electron chi connectivity index (χ2n) is 3.77. The topological polar surface area (TPSA) is 9.23 Å². The van der Waals surface area contributed by atoms with Crippen LogP contribution in [0.3, 0.4) is 0 Å². The average molecular weight is 285 g/mol. The molecule has 0 fully saturated rings. The van der Waals surface area contributed by atoms with Crippen molar-refractivity contribution in [1.29, 1.82) is 0 Å². The first-order chi connectivity index (χ1) is 8.70. The number of alkyl halides is 1. The molecule has 0 heterocycles. The van der Waals surface area contributed by atoms with Crippen LogP contribution in [0, 0.1) is 5.82 Å². The summed E-state index contributed by atoms with van der Waals surface area (Å²) < 4.78 is 18.7. The van der Waals surface area contributed by atoms with E-state index in [2.05, 4.69) is 0 Å². The van der Waals surface area contributed by atoms with E-state index in [9.17, 15) is 4.39 Å². The van der Waals surface area contributed by atoms with Gasteiger partial charge in [0.15, 0.2) is 0 Å². The highest BCUT2D eigenvalue weighted by molar-refractivity contribution is 6.31. The summed E-state index contributed by atoms with van der Waals surface area (Å²) >= 11 is 11.8. The van der Waals surface area contributed by atoms with Gasteiger partial charge in [0.05, 0.1) is 5.88 Å². The number of benzene rings is 2. The summed E-state index contributed by atoms with van der Waals surface area (Å²) in [5, 5.41) is 0.486. The molecule has 0 aliphatic rings. The number of hydrogen-bond acceptors (Lipinski definition) is 1. The van der Waals surface area contributed by atoms with Crippen LogP contribution in [0.5, 0.6) is 5.75 Å². The first kappa shape index (κ1) is 13.2. The average Bonchev–Trinajstić information content (AvgIpc) is 2.40. The minimum absolute atomic E-state index is 0.213. The summed E-state index contributed by atoms with van der Waals surface area (Å²) in [6.45, 7) is 0.213. The molecule has 0 aliphatic heterocycles. The smallest absolute Gasteiger partial charge is 0.124 e. The Kier molecular flexibility index (Phi) is 4.45. The summed E-state index contributed by atoms with van der Waals surface area (Å²) in [6.07, 6.45) is 0. The van der Waals surface area contributed by atoms with E-state index in [1.807, 2.05) is 24.3 Å². The third-order valence-electron chi connectivity index (χ3n) is 2.51. The maximum Gasteiger partial charge on any atom is 0.124 e. The van der Waals surface area contributed by atoms with Crippen molar-refractivity contribution in [3.8, 4) is 5.75 Å². The zero-order valence-corrected chi connectivity index (χ0v) is 11.0. The van der Waals surface area contributed by atoms with Gasteiger partial charge in [-0.2, -0.15) is 0 Å². The summed E-state index contributed by atoms with van der Waals surface area (Å²) in [6, 6.07) is 11.7. The quantitative estimate of drug-likeness (QED) is 0.733. The van der Waals surface area contributed by atoms with Crippen LogP contribution in [0.2, 0.25) is 5.02 Å². The molecule has 0 spiro atoms. The molecule has 0 N–H and O–H groups in total. The van der Waals surface area contributed by atoms with Gasteiger partial charge in [-0.15, -0.1) is 11.6 Å². The lowest BCUT2D eigenvalue weighted by Crippen LogP contribution is -1.99. The Labute approximate surface area is 115 Å². The van der Waals surface area contributed by atoms with Crippen LogP contribution in [0.1, 0.15) is 11.1 Å². The van der Waals surface area contributed by atoms with Crippen molar-refractivity contribution in [2.45, 2.75) is 12.5 Å². The number of hydrogen-bond donors (Lipinski definition) is 0. The second kappa shape index (κ2) is 6.07. The predicted molar refractivity (Wildman–Crippen MR) is 71.7 cm³/mol. The molecule has 0 amide bonds. The van der Waals surface area contributed by atoms with Gasteiger partial charge in [0.2, 0.25) is 0 Å². The summed E-state index contributed by atoms with van der Waals surface area (Å²) in [7, 11) is 0. The van der Waals surface area contributed by atoms with Gasteiger partial charge in [-0.05, 0) is 24.3 Å². The standard InChI is InChI=1S/C14H11Cl2FO/c15-8-10-3-1-2-4-14(10)18-9-11-7-12(17)5-6-13(11)16/h1-7H,8-9H2. The third kappa shape index (κ3) is 3.15. The number of rotatable bonds is 4. The van der Waals surface area contributed by atoms with Crippen molar-refractivity contribution in [3.05, 3.63) is 64.4 Å². The van der Waals surface area contributed by atoms with E-state index in [-0.39, 0.29) is 12.4 Å². The van der Waals surface area contributed by atoms with Crippen LogP contribution in [-0.2, 0) is 12.5 Å². The van der Waals surface area contributed by atoms with Gasteiger partial charge in [0, 0.05) is 16.1 Å². The Morgan fingerprint density at radius 3 is 2.61 bits per heavy atom. The lowest BCUT2D eigenvalue weighted by Gasteiger charge is -2.10. The van der Waals surface area contributed by atoms with Crippen LogP contribution in [-0.4, -0.2) is 0 Å². The first-order valence-electron chi connectivity index (χ1n) is 5.41. The predicted octanol–water partition coefficient (Wildman–Crippen LogP) is 4.80. The van der Waals surface area contributed by atoms with Crippen LogP contribution >= 0.6 is 23.2 Å². The van der Waals surface area contributed by atoms with Gasteiger partial charge < -0.3 is 4.74 Å². The van der Waals surface area contributed by atoms with Crippen LogP contribution in [0.25, 0.3) is 0 Å². The van der Waals surface area contributed by atoms with E-state index in [1.165, 1.54) is 18.2 Å². The van der Waals surface area contributed by atoms with Gasteiger partial charge in [0.1, 0.15) is 18.2 Å². The minimum atomic E-state index is -0.330. The normalized spacial score (nSPS) is 10.4. The molecule has 0 radical (unpaired) electrons. The minimum Gasteiger partial charge on any atom is -0.489 e. The number of para-hydroxylation sites is 1. The zero-order chi connectivity index (χ0) is 13.0. The monoisotopic (exact) mass is 284 g/mol. The van der Waals surface area contributed by atoms with Crippen molar-refractivity contribution in [2.24, 2.45) is 0 Å². The molecule has 2 aromatic carbocycles. The fraction of sp³-hybridized carbons (Fsp3) is 0.143. The van der Waals surface area contributed by atoms with Crippen molar-refractivity contribution < 1.29 is 9.13 Å². The fourth-order valence-corrected chi connectivity index (χ4v) is 1.96. The molecular weight excluding hydrogens is 274 g/mol. The summed E-state index contributed by atoms with van der Waals surface area (Å²) in [4.78, 5) is 0. The largest absolute Gasteiger partial charge is 0.489 e. The molecule has 18 heavy (non-hydrogen) atoms. The Morgan fingerprint density at radius 2 is 1.83 bits per heavy atom. The van der Waals surface area contributed by atoms with E-state index in [1.54, 1.807) is 0 Å². The van der Waals surface area contributed by atoms with E-state index in [4.69, 9.17) is 27.9 Å². The fourth-order valence-electron chi connectivity index (χ4n) is 1.56. The summed E-state index contributed by atoms with van der Waals surface area (Å²) in [5.74, 6) is 0.726. The van der Waals surface area contributed by atoms with Gasteiger partial charge >= 0.3 is 0 Å². The zero-order valence-electron chi connectivity index (χ0n) is 9.50.